The van der Waals surface area contributed by atoms with Crippen LogP contribution in [0.4, 0.5) is 0 Å². The van der Waals surface area contributed by atoms with Crippen molar-refractivity contribution in [1.82, 2.24) is 5.32 Å². The van der Waals surface area contributed by atoms with Gasteiger partial charge in [-0.2, -0.15) is 0 Å². The summed E-state index contributed by atoms with van der Waals surface area (Å²) in [4.78, 5) is 0. The van der Waals surface area contributed by atoms with Gasteiger partial charge in [-0.15, -0.1) is 0 Å². The van der Waals surface area contributed by atoms with Crippen LogP contribution >= 0.6 is 12.2 Å². The van der Waals surface area contributed by atoms with Gasteiger partial charge in [0.1, 0.15) is 0 Å². The summed E-state index contributed by atoms with van der Waals surface area (Å²) in [5.41, 5.74) is 2.53. The Kier molecular flexibility index (Phi) is 4.77. The number of hydrogen-bond acceptors (Lipinski definition) is 2. The molecule has 0 aromatic heterocycles. The maximum absolute atomic E-state index is 5.03. The van der Waals surface area contributed by atoms with E-state index in [-0.39, 0.29) is 0 Å². The molecule has 1 unspecified atom stereocenters. The van der Waals surface area contributed by atoms with Gasteiger partial charge in [0.2, 0.25) is 0 Å². The van der Waals surface area contributed by atoms with Gasteiger partial charge in [0.05, 0.1) is 0 Å². The van der Waals surface area contributed by atoms with Gasteiger partial charge in [-0.1, -0.05) is 43.4 Å². The summed E-state index contributed by atoms with van der Waals surface area (Å²) >= 11 is 5.03. The van der Waals surface area contributed by atoms with Crippen LogP contribution in [0.1, 0.15) is 13.3 Å². The average Bonchev–Trinajstić information content (AvgIpc) is 2.36. The van der Waals surface area contributed by atoms with Crippen molar-refractivity contribution in [3.8, 4) is 0 Å². The Hall–Kier alpha value is -0.730. The Morgan fingerprint density at radius 1 is 1.57 bits per heavy atom. The van der Waals surface area contributed by atoms with E-state index in [0.29, 0.717) is 5.92 Å². The Morgan fingerprint density at radius 2 is 2.36 bits per heavy atom. The molecule has 1 aliphatic carbocycles. The lowest BCUT2D eigenvalue weighted by Gasteiger charge is -2.07. The Labute approximate surface area is 91.6 Å². The Balaban J connectivity index is 2.79. The highest BCUT2D eigenvalue weighted by atomic mass is 32.1. The topological polar surface area (TPSA) is 12.0 Å². The summed E-state index contributed by atoms with van der Waals surface area (Å²) in [5.74, 6) is 0.479. The van der Waals surface area contributed by atoms with Gasteiger partial charge in [-0.3, -0.25) is 0 Å². The molecule has 1 aliphatic rings. The molecule has 0 amide bonds. The van der Waals surface area contributed by atoms with Crippen LogP contribution in [0.15, 0.2) is 35.5 Å². The number of nitrogens with one attached hydrogen (secondary N) is 1. The fourth-order valence-corrected chi connectivity index (χ4v) is 1.72. The second kappa shape index (κ2) is 5.89. The van der Waals surface area contributed by atoms with Crippen LogP contribution < -0.4 is 5.32 Å². The predicted molar refractivity (Wildman–Crippen MR) is 66.7 cm³/mol. The summed E-state index contributed by atoms with van der Waals surface area (Å²) in [6.45, 7) is 3.17. The van der Waals surface area contributed by atoms with E-state index in [1.807, 2.05) is 7.05 Å². The maximum Gasteiger partial charge on any atom is 0.00859 e. The molecule has 1 nitrogen and oxygen atoms in total. The van der Waals surface area contributed by atoms with Gasteiger partial charge in [0, 0.05) is 5.37 Å². The van der Waals surface area contributed by atoms with E-state index >= 15 is 0 Å². The fourth-order valence-electron chi connectivity index (χ4n) is 1.49. The van der Waals surface area contributed by atoms with E-state index in [2.05, 4.69) is 36.5 Å². The quantitative estimate of drug-likeness (QED) is 0.711. The first-order chi connectivity index (χ1) is 6.77. The predicted octanol–water partition coefficient (Wildman–Crippen LogP) is 2.65. The van der Waals surface area contributed by atoms with Crippen molar-refractivity contribution in [3.63, 3.8) is 0 Å². The molecule has 0 bridgehead atoms. The van der Waals surface area contributed by atoms with Crippen molar-refractivity contribution < 1.29 is 0 Å². The first-order valence-electron chi connectivity index (χ1n) is 4.97. The van der Waals surface area contributed by atoms with E-state index in [1.54, 1.807) is 5.37 Å². The second-order valence-corrected chi connectivity index (χ2v) is 3.77. The molecule has 14 heavy (non-hydrogen) atoms. The highest BCUT2D eigenvalue weighted by Gasteiger charge is 2.05. The molecule has 0 spiro atoms. The lowest BCUT2D eigenvalue weighted by atomic mass is 10.0. The van der Waals surface area contributed by atoms with E-state index in [9.17, 15) is 0 Å². The van der Waals surface area contributed by atoms with Gasteiger partial charge in [0.25, 0.3) is 0 Å². The summed E-state index contributed by atoms with van der Waals surface area (Å²) in [6, 6.07) is 0. The zero-order valence-electron chi connectivity index (χ0n) is 8.79. The molecule has 0 saturated heterocycles. The highest BCUT2D eigenvalue weighted by molar-refractivity contribution is 7.79. The molecule has 0 saturated carbocycles. The van der Waals surface area contributed by atoms with Crippen LogP contribution in [-0.4, -0.2) is 19.0 Å². The third kappa shape index (κ3) is 3.20. The molecule has 1 atom stereocenters. The largest absolute Gasteiger partial charge is 0.319 e. The lowest BCUT2D eigenvalue weighted by molar-refractivity contribution is 0.791. The Morgan fingerprint density at radius 3 is 3.00 bits per heavy atom. The van der Waals surface area contributed by atoms with Crippen molar-refractivity contribution in [2.75, 3.05) is 13.6 Å². The van der Waals surface area contributed by atoms with E-state index in [4.69, 9.17) is 12.2 Å². The smallest absolute Gasteiger partial charge is 0.00859 e. The van der Waals surface area contributed by atoms with Crippen LogP contribution in [0.2, 0.25) is 0 Å². The molecule has 0 aliphatic heterocycles. The van der Waals surface area contributed by atoms with Crippen molar-refractivity contribution in [1.29, 1.82) is 0 Å². The molecule has 1 N–H and O–H groups in total. The summed E-state index contributed by atoms with van der Waals surface area (Å²) < 4.78 is 0. The minimum Gasteiger partial charge on any atom is -0.319 e. The van der Waals surface area contributed by atoms with Gasteiger partial charge >= 0.3 is 0 Å². The van der Waals surface area contributed by atoms with Crippen LogP contribution in [0.3, 0.4) is 0 Å². The standard InChI is InChI=1S/C12H17NS/c1-10-4-3-5-11(6-7-13-2)12(8-10)9-14/h3-5,8-10,13H,6-7H2,1-2H3. The normalized spacial score (nSPS) is 21.1. The minimum absolute atomic E-state index is 0.479. The Bertz CT molecular complexity index is 287. The summed E-state index contributed by atoms with van der Waals surface area (Å²) in [7, 11) is 1.97. The molecule has 0 aromatic rings. The van der Waals surface area contributed by atoms with Crippen molar-refractivity contribution in [2.45, 2.75) is 13.3 Å². The van der Waals surface area contributed by atoms with Gasteiger partial charge < -0.3 is 5.32 Å². The van der Waals surface area contributed by atoms with Crippen LogP contribution in [-0.2, 0) is 0 Å². The van der Waals surface area contributed by atoms with Crippen LogP contribution in [0, 0.1) is 5.92 Å². The monoisotopic (exact) mass is 207 g/mol. The van der Waals surface area contributed by atoms with Crippen molar-refractivity contribution >= 4 is 17.6 Å². The fraction of sp³-hybridized carbons (Fsp3) is 0.417. The van der Waals surface area contributed by atoms with Crippen LogP contribution in [0.25, 0.3) is 0 Å². The number of hydrogen-bond donors (Lipinski definition) is 1. The zero-order valence-corrected chi connectivity index (χ0v) is 9.60. The molecule has 1 rings (SSSR count). The SMILES string of the molecule is CNCCC1=CC=CC(C)C=C1C=S. The van der Waals surface area contributed by atoms with Gasteiger partial charge in [0.15, 0.2) is 0 Å². The third-order valence-corrected chi connectivity index (χ3v) is 2.55. The van der Waals surface area contributed by atoms with Crippen LogP contribution in [0.5, 0.6) is 0 Å². The molecule has 0 fully saturated rings. The molecular formula is C12H17NS. The zero-order chi connectivity index (χ0) is 10.4. The molecule has 0 aromatic carbocycles. The summed E-state index contributed by atoms with van der Waals surface area (Å²) in [5, 5.41) is 4.93. The summed E-state index contributed by atoms with van der Waals surface area (Å²) in [6.07, 6.45) is 9.73. The highest BCUT2D eigenvalue weighted by Crippen LogP contribution is 2.19. The number of rotatable bonds is 4. The average molecular weight is 207 g/mol. The minimum atomic E-state index is 0.479. The molecule has 0 radical (unpaired) electrons. The van der Waals surface area contributed by atoms with Gasteiger partial charge in [-0.25, -0.2) is 0 Å². The molecule has 0 heterocycles. The maximum atomic E-state index is 5.03. The molecule has 76 valence electrons. The van der Waals surface area contributed by atoms with E-state index < -0.39 is 0 Å². The van der Waals surface area contributed by atoms with Crippen molar-refractivity contribution in [2.24, 2.45) is 5.92 Å². The first kappa shape index (κ1) is 11.3. The second-order valence-electron chi connectivity index (χ2n) is 3.53. The van der Waals surface area contributed by atoms with E-state index in [1.165, 1.54) is 11.1 Å². The van der Waals surface area contributed by atoms with E-state index in [0.717, 1.165) is 13.0 Å². The number of thiocarbonyl (C=S) groups is 1. The lowest BCUT2D eigenvalue weighted by Crippen LogP contribution is -2.09. The molecular weight excluding hydrogens is 190 g/mol. The number of allylic oxidation sites excluding steroid dienone is 5. The van der Waals surface area contributed by atoms with Crippen molar-refractivity contribution in [3.05, 3.63) is 35.5 Å². The molecule has 2 heteroatoms. The first-order valence-corrected chi connectivity index (χ1v) is 5.44. The third-order valence-electron chi connectivity index (χ3n) is 2.30. The van der Waals surface area contributed by atoms with Gasteiger partial charge in [-0.05, 0) is 37.1 Å².